The first-order valence-electron chi connectivity index (χ1n) is 8.85. The molecular weight excluding hydrogens is 382 g/mol. The van der Waals surface area contributed by atoms with Crippen molar-refractivity contribution in [1.82, 2.24) is 9.78 Å². The first-order valence-corrected chi connectivity index (χ1v) is 10.7. The molecule has 2 aromatic carbocycles. The maximum Gasteiger partial charge on any atom is 0.261 e. The van der Waals surface area contributed by atoms with Crippen LogP contribution < -0.4 is 4.72 Å². The molecular formula is C20H22ClN3O2S. The van der Waals surface area contributed by atoms with Gasteiger partial charge in [0, 0.05) is 11.9 Å². The Labute approximate surface area is 165 Å². The molecule has 3 aromatic rings. The molecule has 1 aromatic heterocycles. The highest BCUT2D eigenvalue weighted by Crippen LogP contribution is 2.19. The lowest BCUT2D eigenvalue weighted by Crippen LogP contribution is -2.13. The Morgan fingerprint density at radius 1 is 1.11 bits per heavy atom. The van der Waals surface area contributed by atoms with Crippen molar-refractivity contribution >= 4 is 27.3 Å². The van der Waals surface area contributed by atoms with Gasteiger partial charge in [0.05, 0.1) is 22.7 Å². The molecule has 27 heavy (non-hydrogen) atoms. The molecule has 0 fully saturated rings. The van der Waals surface area contributed by atoms with E-state index in [1.807, 2.05) is 24.3 Å². The Morgan fingerprint density at radius 3 is 2.56 bits per heavy atom. The van der Waals surface area contributed by atoms with Gasteiger partial charge >= 0.3 is 0 Å². The monoisotopic (exact) mass is 403 g/mol. The summed E-state index contributed by atoms with van der Waals surface area (Å²) in [5, 5.41) is 4.70. The topological polar surface area (TPSA) is 64.0 Å². The number of hydrogen-bond donors (Lipinski definition) is 1. The van der Waals surface area contributed by atoms with Crippen LogP contribution in [0.1, 0.15) is 30.9 Å². The van der Waals surface area contributed by atoms with Gasteiger partial charge in [-0.2, -0.15) is 5.10 Å². The summed E-state index contributed by atoms with van der Waals surface area (Å²) in [6.07, 6.45) is 6.46. The van der Waals surface area contributed by atoms with E-state index in [9.17, 15) is 8.42 Å². The van der Waals surface area contributed by atoms with Crippen molar-refractivity contribution in [2.45, 2.75) is 37.6 Å². The minimum atomic E-state index is -3.63. The quantitative estimate of drug-likeness (QED) is 0.591. The number of aryl methyl sites for hydroxylation is 1. The number of aromatic nitrogens is 2. The Bertz CT molecular complexity index is 998. The van der Waals surface area contributed by atoms with Crippen molar-refractivity contribution in [2.75, 3.05) is 4.72 Å². The van der Waals surface area contributed by atoms with E-state index >= 15 is 0 Å². The van der Waals surface area contributed by atoms with Gasteiger partial charge in [-0.15, -0.1) is 0 Å². The Balaban J connectivity index is 1.72. The predicted octanol–water partition coefficient (Wildman–Crippen LogP) is 4.73. The molecule has 7 heteroatoms. The molecule has 142 valence electrons. The van der Waals surface area contributed by atoms with Crippen LogP contribution in [0, 0.1) is 0 Å². The molecule has 0 spiro atoms. The molecule has 0 saturated carbocycles. The number of halogens is 1. The second-order valence-electron chi connectivity index (χ2n) is 6.41. The van der Waals surface area contributed by atoms with Crippen molar-refractivity contribution in [3.8, 4) is 0 Å². The fraction of sp³-hybridized carbons (Fsp3) is 0.250. The van der Waals surface area contributed by atoms with Crippen LogP contribution in [0.2, 0.25) is 5.02 Å². The fourth-order valence-electron chi connectivity index (χ4n) is 2.78. The van der Waals surface area contributed by atoms with Gasteiger partial charge in [0.25, 0.3) is 10.0 Å². The van der Waals surface area contributed by atoms with Crippen molar-refractivity contribution in [2.24, 2.45) is 0 Å². The van der Waals surface area contributed by atoms with E-state index < -0.39 is 10.0 Å². The third kappa shape index (κ3) is 5.34. The summed E-state index contributed by atoms with van der Waals surface area (Å²) >= 11 is 5.88. The van der Waals surface area contributed by atoms with E-state index in [0.717, 1.165) is 30.4 Å². The number of anilines is 1. The molecule has 5 nitrogen and oxygen atoms in total. The van der Waals surface area contributed by atoms with Crippen LogP contribution in [-0.4, -0.2) is 18.2 Å². The van der Waals surface area contributed by atoms with E-state index in [4.69, 9.17) is 11.6 Å². The van der Waals surface area contributed by atoms with Gasteiger partial charge in [-0.25, -0.2) is 8.42 Å². The van der Waals surface area contributed by atoms with Crippen LogP contribution in [0.25, 0.3) is 0 Å². The normalized spacial score (nSPS) is 11.5. The summed E-state index contributed by atoms with van der Waals surface area (Å²) in [7, 11) is -3.63. The maximum absolute atomic E-state index is 12.7. The van der Waals surface area contributed by atoms with Crippen LogP contribution in [0.4, 0.5) is 5.69 Å². The molecule has 0 saturated heterocycles. The van der Waals surface area contributed by atoms with Gasteiger partial charge < -0.3 is 0 Å². The lowest BCUT2D eigenvalue weighted by molar-refractivity contribution is 0.601. The number of nitrogens with zero attached hydrogens (tertiary/aromatic N) is 2. The van der Waals surface area contributed by atoms with Crippen LogP contribution in [-0.2, 0) is 23.0 Å². The molecule has 0 unspecified atom stereocenters. The number of sulfonamides is 1. The zero-order chi connectivity index (χ0) is 19.3. The first kappa shape index (κ1) is 19.5. The van der Waals surface area contributed by atoms with Crippen LogP contribution in [0.3, 0.4) is 0 Å². The van der Waals surface area contributed by atoms with Gasteiger partial charge in [-0.3, -0.25) is 9.40 Å². The molecule has 1 heterocycles. The summed E-state index contributed by atoms with van der Waals surface area (Å²) < 4.78 is 29.7. The Kier molecular flexibility index (Phi) is 6.19. The van der Waals surface area contributed by atoms with Gasteiger partial charge in [0.2, 0.25) is 0 Å². The highest BCUT2D eigenvalue weighted by Gasteiger charge is 2.14. The van der Waals surface area contributed by atoms with Gasteiger partial charge in [0.1, 0.15) is 0 Å². The summed E-state index contributed by atoms with van der Waals surface area (Å²) in [5.74, 6) is 0. The van der Waals surface area contributed by atoms with Crippen molar-refractivity contribution in [3.63, 3.8) is 0 Å². The first-order chi connectivity index (χ1) is 13.0. The minimum absolute atomic E-state index is 0.256. The lowest BCUT2D eigenvalue weighted by atomic mass is 10.1. The standard InChI is InChI=1S/C20H22ClN3O2S/c1-2-3-5-16-8-10-20(11-9-16)27(25,26)23-19-7-4-6-17(12-19)14-24-15-18(21)13-22-24/h4,6-13,15,23H,2-3,5,14H2,1H3. The molecule has 0 radical (unpaired) electrons. The molecule has 0 aliphatic heterocycles. The largest absolute Gasteiger partial charge is 0.280 e. The molecule has 0 amide bonds. The van der Waals surface area contributed by atoms with Gasteiger partial charge in [0.15, 0.2) is 0 Å². The zero-order valence-electron chi connectivity index (χ0n) is 15.1. The molecule has 0 bridgehead atoms. The fourth-order valence-corrected chi connectivity index (χ4v) is 3.98. The summed E-state index contributed by atoms with van der Waals surface area (Å²) in [5.41, 5.74) is 2.58. The second-order valence-corrected chi connectivity index (χ2v) is 8.53. The van der Waals surface area contributed by atoms with Crippen molar-refractivity contribution in [1.29, 1.82) is 0 Å². The van der Waals surface area contributed by atoms with Crippen molar-refractivity contribution < 1.29 is 8.42 Å². The van der Waals surface area contributed by atoms with Gasteiger partial charge in [-0.05, 0) is 48.2 Å². The molecule has 1 N–H and O–H groups in total. The average Bonchev–Trinajstić information content (AvgIpc) is 3.05. The van der Waals surface area contributed by atoms with Crippen LogP contribution >= 0.6 is 11.6 Å². The van der Waals surface area contributed by atoms with E-state index in [1.165, 1.54) is 0 Å². The average molecular weight is 404 g/mol. The van der Waals surface area contributed by atoms with Crippen LogP contribution in [0.5, 0.6) is 0 Å². The third-order valence-electron chi connectivity index (χ3n) is 4.18. The summed E-state index contributed by atoms with van der Waals surface area (Å²) in [6, 6.07) is 14.3. The van der Waals surface area contributed by atoms with Crippen LogP contribution in [0.15, 0.2) is 65.8 Å². The number of nitrogens with one attached hydrogen (secondary N) is 1. The maximum atomic E-state index is 12.7. The van der Waals surface area contributed by atoms with E-state index in [1.54, 1.807) is 41.3 Å². The van der Waals surface area contributed by atoms with Gasteiger partial charge in [-0.1, -0.05) is 49.2 Å². The Hall–Kier alpha value is -2.31. The number of hydrogen-bond acceptors (Lipinski definition) is 3. The highest BCUT2D eigenvalue weighted by molar-refractivity contribution is 7.92. The van der Waals surface area contributed by atoms with E-state index in [0.29, 0.717) is 17.3 Å². The summed E-state index contributed by atoms with van der Waals surface area (Å²) in [6.45, 7) is 2.65. The molecule has 0 atom stereocenters. The lowest BCUT2D eigenvalue weighted by Gasteiger charge is -2.10. The molecule has 3 rings (SSSR count). The predicted molar refractivity (Wildman–Crippen MR) is 109 cm³/mol. The molecule has 0 aliphatic carbocycles. The minimum Gasteiger partial charge on any atom is -0.280 e. The van der Waals surface area contributed by atoms with Crippen molar-refractivity contribution in [3.05, 3.63) is 77.1 Å². The zero-order valence-corrected chi connectivity index (χ0v) is 16.7. The Morgan fingerprint density at radius 2 is 1.89 bits per heavy atom. The highest BCUT2D eigenvalue weighted by atomic mass is 35.5. The molecule has 0 aliphatic rings. The number of rotatable bonds is 8. The van der Waals surface area contributed by atoms with E-state index in [2.05, 4.69) is 16.7 Å². The van der Waals surface area contributed by atoms with E-state index in [-0.39, 0.29) is 4.90 Å². The number of unbranched alkanes of at least 4 members (excludes halogenated alkanes) is 1. The summed E-state index contributed by atoms with van der Waals surface area (Å²) in [4.78, 5) is 0.256. The smallest absolute Gasteiger partial charge is 0.261 e. The SMILES string of the molecule is CCCCc1ccc(S(=O)(=O)Nc2cccc(Cn3cc(Cl)cn3)c2)cc1. The number of benzene rings is 2. The third-order valence-corrected chi connectivity index (χ3v) is 5.77. The second kappa shape index (κ2) is 8.59.